The van der Waals surface area contributed by atoms with Crippen LogP contribution in [0, 0.1) is 18.3 Å². The fourth-order valence-electron chi connectivity index (χ4n) is 5.69. The minimum Gasteiger partial charge on any atom is -0.461 e. The van der Waals surface area contributed by atoms with Gasteiger partial charge in [-0.25, -0.2) is 0 Å². The van der Waals surface area contributed by atoms with Crippen molar-refractivity contribution in [2.24, 2.45) is 11.3 Å². The van der Waals surface area contributed by atoms with Crippen LogP contribution >= 0.6 is 0 Å². The molecule has 4 atom stereocenters. The Bertz CT molecular complexity index is 931. The lowest BCUT2D eigenvalue weighted by molar-refractivity contribution is 0.131. The van der Waals surface area contributed by atoms with Gasteiger partial charge in [0.15, 0.2) is 0 Å². The highest BCUT2D eigenvalue weighted by Crippen LogP contribution is 2.63. The number of hydrogen-bond donors (Lipinski definition) is 1. The standard InChI is InChI=1S/C25H32O2Si/c1-16-12-13-21(27-16)23-17(2)19-14-20(26)24(18-10-8-7-9-11-18)25(19,3)15-22(23)28(4,5)6/h7-13,19-20,24,26H,2,14-15H2,1,3-6H3/t19?,20-,24?,25+/m1/s1. The molecule has 2 aromatic rings. The van der Waals surface area contributed by atoms with Crippen molar-refractivity contribution in [3.63, 3.8) is 0 Å². The summed E-state index contributed by atoms with van der Waals surface area (Å²) in [4.78, 5) is 0. The average Bonchev–Trinajstić information content (AvgIpc) is 3.15. The zero-order valence-electron chi connectivity index (χ0n) is 17.8. The summed E-state index contributed by atoms with van der Waals surface area (Å²) in [5.74, 6) is 2.31. The van der Waals surface area contributed by atoms with Crippen molar-refractivity contribution in [2.75, 3.05) is 0 Å². The van der Waals surface area contributed by atoms with Crippen molar-refractivity contribution in [3.8, 4) is 0 Å². The quantitative estimate of drug-likeness (QED) is 0.617. The Kier molecular flexibility index (Phi) is 4.59. The highest BCUT2D eigenvalue weighted by atomic mass is 28.3. The molecule has 2 aliphatic rings. The molecule has 0 saturated heterocycles. The van der Waals surface area contributed by atoms with Crippen LogP contribution < -0.4 is 0 Å². The van der Waals surface area contributed by atoms with Crippen LogP contribution in [0.4, 0.5) is 0 Å². The number of aliphatic hydroxyl groups is 1. The zero-order valence-corrected chi connectivity index (χ0v) is 18.8. The second kappa shape index (κ2) is 6.60. The molecule has 2 aliphatic carbocycles. The number of hydrogen-bond acceptors (Lipinski definition) is 2. The summed E-state index contributed by atoms with van der Waals surface area (Å²) in [5.41, 5.74) is 3.65. The minimum absolute atomic E-state index is 0.0153. The Hall–Kier alpha value is -1.84. The highest BCUT2D eigenvalue weighted by Gasteiger charge is 2.56. The van der Waals surface area contributed by atoms with Crippen LogP contribution in [0.2, 0.25) is 19.6 Å². The first-order valence-corrected chi connectivity index (χ1v) is 13.9. The highest BCUT2D eigenvalue weighted by molar-refractivity contribution is 6.84. The van der Waals surface area contributed by atoms with Crippen LogP contribution in [-0.4, -0.2) is 19.3 Å². The van der Waals surface area contributed by atoms with Crippen LogP contribution in [0.3, 0.4) is 0 Å². The molecule has 1 N–H and O–H groups in total. The Morgan fingerprint density at radius 3 is 2.36 bits per heavy atom. The molecule has 0 amide bonds. The molecule has 1 aromatic heterocycles. The van der Waals surface area contributed by atoms with Crippen molar-refractivity contribution in [1.29, 1.82) is 0 Å². The second-order valence-electron chi connectivity index (χ2n) is 9.97. The van der Waals surface area contributed by atoms with Gasteiger partial charge >= 0.3 is 0 Å². The first kappa shape index (κ1) is 19.5. The SMILES string of the molecule is C=C1C(c2ccc(C)o2)=C([Si](C)(C)C)C[C@@]2(C)C1C[C@@H](O)C2c1ccccc1. The maximum Gasteiger partial charge on any atom is 0.134 e. The van der Waals surface area contributed by atoms with Gasteiger partial charge in [-0.1, -0.05) is 68.7 Å². The molecular weight excluding hydrogens is 360 g/mol. The number of benzene rings is 1. The summed E-state index contributed by atoms with van der Waals surface area (Å²) in [6, 6.07) is 14.7. The average molecular weight is 393 g/mol. The molecule has 148 valence electrons. The molecule has 1 heterocycles. The van der Waals surface area contributed by atoms with E-state index in [0.29, 0.717) is 0 Å². The smallest absolute Gasteiger partial charge is 0.134 e. The van der Waals surface area contributed by atoms with Gasteiger partial charge in [0, 0.05) is 11.5 Å². The molecule has 3 heteroatoms. The van der Waals surface area contributed by atoms with Gasteiger partial charge in [0.2, 0.25) is 0 Å². The van der Waals surface area contributed by atoms with Gasteiger partial charge in [-0.15, -0.1) is 0 Å². The third-order valence-electron chi connectivity index (χ3n) is 7.02. The van der Waals surface area contributed by atoms with E-state index in [-0.39, 0.29) is 23.4 Å². The van der Waals surface area contributed by atoms with Gasteiger partial charge in [-0.2, -0.15) is 0 Å². The van der Waals surface area contributed by atoms with Gasteiger partial charge in [0.1, 0.15) is 11.5 Å². The van der Waals surface area contributed by atoms with E-state index in [2.05, 4.69) is 69.5 Å². The Morgan fingerprint density at radius 1 is 1.11 bits per heavy atom. The van der Waals surface area contributed by atoms with Crippen molar-refractivity contribution < 1.29 is 9.52 Å². The molecule has 28 heavy (non-hydrogen) atoms. The zero-order chi connectivity index (χ0) is 20.3. The van der Waals surface area contributed by atoms with Gasteiger partial charge in [0.25, 0.3) is 0 Å². The van der Waals surface area contributed by atoms with E-state index in [1.54, 1.807) is 0 Å². The molecule has 0 bridgehead atoms. The lowest BCUT2D eigenvalue weighted by atomic mass is 9.62. The molecular formula is C25H32O2Si. The topological polar surface area (TPSA) is 33.4 Å². The van der Waals surface area contributed by atoms with Crippen molar-refractivity contribution in [2.45, 2.75) is 58.4 Å². The first-order chi connectivity index (χ1) is 13.1. The van der Waals surface area contributed by atoms with Crippen LogP contribution in [0.1, 0.15) is 42.8 Å². The Balaban J connectivity index is 1.88. The molecule has 1 saturated carbocycles. The van der Waals surface area contributed by atoms with Crippen molar-refractivity contribution in [1.82, 2.24) is 0 Å². The van der Waals surface area contributed by atoms with E-state index >= 15 is 0 Å². The Labute approximate surface area is 170 Å². The van der Waals surface area contributed by atoms with Crippen LogP contribution in [0.25, 0.3) is 5.57 Å². The summed E-state index contributed by atoms with van der Waals surface area (Å²) in [6.07, 6.45) is 1.45. The number of furan rings is 1. The normalized spacial score (nSPS) is 30.6. The van der Waals surface area contributed by atoms with E-state index in [0.717, 1.165) is 29.9 Å². The molecule has 2 unspecified atom stereocenters. The lowest BCUT2D eigenvalue weighted by Crippen LogP contribution is -2.40. The number of aryl methyl sites for hydroxylation is 1. The van der Waals surface area contributed by atoms with Gasteiger partial charge in [-0.3, -0.25) is 0 Å². The van der Waals surface area contributed by atoms with E-state index in [1.165, 1.54) is 16.3 Å². The van der Waals surface area contributed by atoms with Crippen LogP contribution in [-0.2, 0) is 0 Å². The molecule has 1 aromatic carbocycles. The maximum absolute atomic E-state index is 11.1. The van der Waals surface area contributed by atoms with Gasteiger partial charge < -0.3 is 9.52 Å². The molecule has 0 aliphatic heterocycles. The molecule has 1 fully saturated rings. The lowest BCUT2D eigenvalue weighted by Gasteiger charge is -2.46. The Morgan fingerprint density at radius 2 is 1.79 bits per heavy atom. The summed E-state index contributed by atoms with van der Waals surface area (Å²) in [5, 5.41) is 12.7. The molecule has 0 radical (unpaired) electrons. The van der Waals surface area contributed by atoms with Crippen LogP contribution in [0.15, 0.2) is 64.2 Å². The van der Waals surface area contributed by atoms with E-state index < -0.39 is 8.07 Å². The van der Waals surface area contributed by atoms with Gasteiger partial charge in [0.05, 0.1) is 14.2 Å². The van der Waals surface area contributed by atoms with Crippen LogP contribution in [0.5, 0.6) is 0 Å². The maximum atomic E-state index is 11.1. The predicted molar refractivity (Wildman–Crippen MR) is 119 cm³/mol. The number of allylic oxidation sites excluding steroid dienone is 3. The van der Waals surface area contributed by atoms with E-state index in [4.69, 9.17) is 4.42 Å². The van der Waals surface area contributed by atoms with Crippen molar-refractivity contribution >= 4 is 13.6 Å². The largest absolute Gasteiger partial charge is 0.461 e. The summed E-state index contributed by atoms with van der Waals surface area (Å²) >= 11 is 0. The monoisotopic (exact) mass is 392 g/mol. The fraction of sp³-hybridized carbons (Fsp3) is 0.440. The minimum atomic E-state index is -1.62. The first-order valence-electron chi connectivity index (χ1n) is 10.4. The fourth-order valence-corrected chi connectivity index (χ4v) is 7.64. The van der Waals surface area contributed by atoms with E-state index in [1.807, 2.05) is 13.0 Å². The number of fused-ring (bicyclic) bond motifs is 1. The molecule has 0 spiro atoms. The van der Waals surface area contributed by atoms with Gasteiger partial charge in [-0.05, 0) is 54.4 Å². The third-order valence-corrected chi connectivity index (χ3v) is 9.26. The second-order valence-corrected chi connectivity index (χ2v) is 15.1. The number of rotatable bonds is 3. The predicted octanol–water partition coefficient (Wildman–Crippen LogP) is 6.35. The summed E-state index contributed by atoms with van der Waals surface area (Å²) in [7, 11) is -1.62. The molecule has 4 rings (SSSR count). The molecule has 2 nitrogen and oxygen atoms in total. The van der Waals surface area contributed by atoms with E-state index in [9.17, 15) is 5.11 Å². The van der Waals surface area contributed by atoms with Crippen molar-refractivity contribution in [3.05, 3.63) is 76.9 Å². The summed E-state index contributed by atoms with van der Waals surface area (Å²) < 4.78 is 6.08. The summed E-state index contributed by atoms with van der Waals surface area (Å²) in [6.45, 7) is 16.2. The number of aliphatic hydroxyl groups excluding tert-OH is 1. The third kappa shape index (κ3) is 2.96.